The highest BCUT2D eigenvalue weighted by molar-refractivity contribution is 5.93. The van der Waals surface area contributed by atoms with E-state index < -0.39 is 23.2 Å². The zero-order valence-corrected chi connectivity index (χ0v) is 16.3. The number of amides is 1. The van der Waals surface area contributed by atoms with Crippen LogP contribution in [0.1, 0.15) is 33.7 Å². The number of hydrogen-bond donors (Lipinski definition) is 1. The number of benzene rings is 1. The third-order valence-corrected chi connectivity index (χ3v) is 5.02. The summed E-state index contributed by atoms with van der Waals surface area (Å²) in [6.07, 6.45) is -2.68. The molecular formula is C21H17F3N4O3. The zero-order chi connectivity index (χ0) is 22.1. The number of rotatable bonds is 4. The summed E-state index contributed by atoms with van der Waals surface area (Å²) >= 11 is 0. The van der Waals surface area contributed by atoms with E-state index in [1.807, 2.05) is 0 Å². The third-order valence-electron chi connectivity index (χ3n) is 5.02. The number of carbonyl (C=O) groups is 1. The molecular weight excluding hydrogens is 413 g/mol. The van der Waals surface area contributed by atoms with Crippen molar-refractivity contribution >= 4 is 5.91 Å². The molecule has 3 heterocycles. The summed E-state index contributed by atoms with van der Waals surface area (Å²) in [6, 6.07) is 10.9. The van der Waals surface area contributed by atoms with Crippen molar-refractivity contribution < 1.29 is 27.4 Å². The van der Waals surface area contributed by atoms with Gasteiger partial charge in [-0.05, 0) is 35.9 Å². The van der Waals surface area contributed by atoms with Crippen molar-refractivity contribution in [1.82, 2.24) is 20.5 Å². The molecule has 1 aliphatic rings. The van der Waals surface area contributed by atoms with E-state index in [0.717, 1.165) is 12.1 Å². The number of pyridine rings is 1. The first-order chi connectivity index (χ1) is 14.8. The molecule has 3 aromatic rings. The van der Waals surface area contributed by atoms with Gasteiger partial charge in [0, 0.05) is 18.7 Å². The largest absolute Gasteiger partial charge is 0.491 e. The first-order valence-electron chi connectivity index (χ1n) is 9.30. The lowest BCUT2D eigenvalue weighted by molar-refractivity contribution is -0.137. The van der Waals surface area contributed by atoms with Crippen LogP contribution in [0.4, 0.5) is 13.2 Å². The molecule has 0 radical (unpaired) electrons. The van der Waals surface area contributed by atoms with E-state index in [2.05, 4.69) is 20.5 Å². The first kappa shape index (κ1) is 20.6. The topological polar surface area (TPSA) is 86.2 Å². The van der Waals surface area contributed by atoms with Crippen LogP contribution in [0, 0.1) is 0 Å². The van der Waals surface area contributed by atoms with Gasteiger partial charge in [0.15, 0.2) is 5.69 Å². The van der Waals surface area contributed by atoms with Gasteiger partial charge in [-0.25, -0.2) is 0 Å². The number of hydrogen-bond acceptors (Lipinski definition) is 6. The van der Waals surface area contributed by atoms with Crippen LogP contribution in [0.2, 0.25) is 0 Å². The van der Waals surface area contributed by atoms with Crippen LogP contribution in [0.3, 0.4) is 0 Å². The lowest BCUT2D eigenvalue weighted by Crippen LogP contribution is -2.50. The van der Waals surface area contributed by atoms with Crippen molar-refractivity contribution in [1.29, 1.82) is 0 Å². The van der Waals surface area contributed by atoms with Gasteiger partial charge in [0.1, 0.15) is 17.0 Å². The highest BCUT2D eigenvalue weighted by Gasteiger charge is 2.43. The van der Waals surface area contributed by atoms with Crippen molar-refractivity contribution in [2.75, 3.05) is 13.7 Å². The molecule has 4 rings (SSSR count). The average molecular weight is 430 g/mol. The van der Waals surface area contributed by atoms with E-state index in [4.69, 9.17) is 9.47 Å². The smallest absolute Gasteiger partial charge is 0.416 e. The molecule has 10 heteroatoms. The summed E-state index contributed by atoms with van der Waals surface area (Å²) in [5, 5.41) is 10.6. The Bertz CT molecular complexity index is 1090. The summed E-state index contributed by atoms with van der Waals surface area (Å²) in [5.74, 6) is 0.121. The highest BCUT2D eigenvalue weighted by atomic mass is 19.4. The van der Waals surface area contributed by atoms with E-state index in [1.165, 1.54) is 37.6 Å². The van der Waals surface area contributed by atoms with Crippen LogP contribution < -0.4 is 14.8 Å². The molecule has 1 amide bonds. The molecule has 31 heavy (non-hydrogen) atoms. The van der Waals surface area contributed by atoms with Crippen LogP contribution in [-0.4, -0.2) is 34.8 Å². The van der Waals surface area contributed by atoms with Gasteiger partial charge in [-0.2, -0.15) is 13.2 Å². The van der Waals surface area contributed by atoms with Gasteiger partial charge in [0.2, 0.25) is 5.88 Å². The molecule has 0 saturated carbocycles. The number of ether oxygens (including phenoxy) is 2. The molecule has 1 atom stereocenters. The standard InChI is InChI=1S/C21H17F3N4O3/c1-30-17-9-8-15(27-28-17)19(29)26-20(10-12-31-16-3-2-11-25-18(16)20)13-4-6-14(7-5-13)21(22,23)24/h2-9,11H,10,12H2,1H3,(H,26,29). The van der Waals surface area contributed by atoms with Gasteiger partial charge in [-0.15, -0.1) is 10.2 Å². The molecule has 0 saturated heterocycles. The first-order valence-corrected chi connectivity index (χ1v) is 9.30. The van der Waals surface area contributed by atoms with E-state index >= 15 is 0 Å². The Balaban J connectivity index is 1.78. The average Bonchev–Trinajstić information content (AvgIpc) is 2.79. The van der Waals surface area contributed by atoms with Gasteiger partial charge in [-0.3, -0.25) is 9.78 Å². The SMILES string of the molecule is COc1ccc(C(=O)NC2(c3ccc(C(F)(F)F)cc3)CCOc3cccnc32)nn1. The summed E-state index contributed by atoms with van der Waals surface area (Å²) < 4.78 is 49.8. The molecule has 160 valence electrons. The van der Waals surface area contributed by atoms with E-state index in [1.54, 1.807) is 12.1 Å². The van der Waals surface area contributed by atoms with Crippen LogP contribution >= 0.6 is 0 Å². The number of methoxy groups -OCH3 is 1. The van der Waals surface area contributed by atoms with Crippen molar-refractivity contribution in [3.8, 4) is 11.6 Å². The highest BCUT2D eigenvalue weighted by Crippen LogP contribution is 2.41. The number of carbonyl (C=O) groups excluding carboxylic acids is 1. The molecule has 7 nitrogen and oxygen atoms in total. The fraction of sp³-hybridized carbons (Fsp3) is 0.238. The van der Waals surface area contributed by atoms with Crippen molar-refractivity contribution in [3.05, 3.63) is 77.2 Å². The quantitative estimate of drug-likeness (QED) is 0.683. The lowest BCUT2D eigenvalue weighted by Gasteiger charge is -2.39. The predicted octanol–water partition coefficient (Wildman–Crippen LogP) is 3.36. The minimum absolute atomic E-state index is 0.0241. The summed E-state index contributed by atoms with van der Waals surface area (Å²) in [5.41, 5.74) is -1.13. The number of nitrogens with zero attached hydrogens (tertiary/aromatic N) is 3. The van der Waals surface area contributed by atoms with Gasteiger partial charge in [0.25, 0.3) is 5.91 Å². The number of halogens is 3. The maximum Gasteiger partial charge on any atom is 0.416 e. The Morgan fingerprint density at radius 2 is 1.90 bits per heavy atom. The van der Waals surface area contributed by atoms with Gasteiger partial charge >= 0.3 is 6.18 Å². The van der Waals surface area contributed by atoms with Gasteiger partial charge in [-0.1, -0.05) is 12.1 Å². The number of nitrogens with one attached hydrogen (secondary N) is 1. The normalized spacial score (nSPS) is 17.9. The Morgan fingerprint density at radius 1 is 1.13 bits per heavy atom. The second-order valence-corrected chi connectivity index (χ2v) is 6.84. The zero-order valence-electron chi connectivity index (χ0n) is 16.3. The van der Waals surface area contributed by atoms with Crippen molar-refractivity contribution in [2.24, 2.45) is 0 Å². The van der Waals surface area contributed by atoms with Crippen molar-refractivity contribution in [2.45, 2.75) is 18.1 Å². The fourth-order valence-corrected chi connectivity index (χ4v) is 3.49. The fourth-order valence-electron chi connectivity index (χ4n) is 3.49. The number of aromatic nitrogens is 3. The molecule has 2 aromatic heterocycles. The van der Waals surface area contributed by atoms with Crippen LogP contribution in [0.15, 0.2) is 54.7 Å². The Labute approximate surface area is 175 Å². The summed E-state index contributed by atoms with van der Waals surface area (Å²) in [7, 11) is 1.42. The van der Waals surface area contributed by atoms with Gasteiger partial charge in [0.05, 0.1) is 19.3 Å². The summed E-state index contributed by atoms with van der Waals surface area (Å²) in [4.78, 5) is 17.4. The Morgan fingerprint density at radius 3 is 2.55 bits per heavy atom. The monoisotopic (exact) mass is 430 g/mol. The van der Waals surface area contributed by atoms with E-state index in [-0.39, 0.29) is 24.6 Å². The molecule has 1 unspecified atom stereocenters. The van der Waals surface area contributed by atoms with Crippen LogP contribution in [0.5, 0.6) is 11.6 Å². The minimum Gasteiger partial charge on any atom is -0.491 e. The van der Waals surface area contributed by atoms with E-state index in [9.17, 15) is 18.0 Å². The van der Waals surface area contributed by atoms with E-state index in [0.29, 0.717) is 17.0 Å². The molecule has 1 N–H and O–H groups in total. The van der Waals surface area contributed by atoms with Crippen LogP contribution in [0.25, 0.3) is 0 Å². The van der Waals surface area contributed by atoms with Gasteiger partial charge < -0.3 is 14.8 Å². The Kier molecular flexibility index (Phi) is 5.22. The predicted molar refractivity (Wildman–Crippen MR) is 103 cm³/mol. The molecule has 1 aliphatic heterocycles. The Hall–Kier alpha value is -3.69. The second-order valence-electron chi connectivity index (χ2n) is 6.84. The van der Waals surface area contributed by atoms with Crippen LogP contribution in [-0.2, 0) is 11.7 Å². The minimum atomic E-state index is -4.47. The molecule has 0 bridgehead atoms. The molecule has 0 aliphatic carbocycles. The number of fused-ring (bicyclic) bond motifs is 1. The maximum atomic E-state index is 13.1. The maximum absolute atomic E-state index is 13.1. The number of alkyl halides is 3. The summed E-state index contributed by atoms with van der Waals surface area (Å²) in [6.45, 7) is 0.230. The second kappa shape index (κ2) is 7.86. The van der Waals surface area contributed by atoms with Crippen molar-refractivity contribution in [3.63, 3.8) is 0 Å². The molecule has 0 fully saturated rings. The lowest BCUT2D eigenvalue weighted by atomic mass is 9.81. The third kappa shape index (κ3) is 3.88. The molecule has 1 aromatic carbocycles. The molecule has 0 spiro atoms.